The van der Waals surface area contributed by atoms with Gasteiger partial charge in [0, 0.05) is 18.3 Å². The molecule has 116 valence electrons. The van der Waals surface area contributed by atoms with Crippen molar-refractivity contribution >= 4 is 11.6 Å². The first kappa shape index (κ1) is 15.8. The lowest BCUT2D eigenvalue weighted by Crippen LogP contribution is -2.38. The van der Waals surface area contributed by atoms with Crippen LogP contribution in [0.15, 0.2) is 18.2 Å². The Hall–Kier alpha value is -1.55. The van der Waals surface area contributed by atoms with Gasteiger partial charge < -0.3 is 15.4 Å². The Balaban J connectivity index is 2.25. The summed E-state index contributed by atoms with van der Waals surface area (Å²) in [4.78, 5) is 11.8. The van der Waals surface area contributed by atoms with E-state index in [0.29, 0.717) is 5.56 Å². The Morgan fingerprint density at radius 3 is 2.48 bits per heavy atom. The fraction of sp³-hybridized carbons (Fsp3) is 0.588. The van der Waals surface area contributed by atoms with Crippen LogP contribution in [0.5, 0.6) is 0 Å². The summed E-state index contributed by atoms with van der Waals surface area (Å²) < 4.78 is 6.12. The second-order valence-electron chi connectivity index (χ2n) is 6.98. The molecule has 2 N–H and O–H groups in total. The van der Waals surface area contributed by atoms with Gasteiger partial charge in [-0.25, -0.2) is 0 Å². The zero-order chi connectivity index (χ0) is 15.8. The van der Waals surface area contributed by atoms with Gasteiger partial charge in [-0.2, -0.15) is 0 Å². The van der Waals surface area contributed by atoms with E-state index in [1.165, 1.54) is 0 Å². The largest absolute Gasteiger partial charge is 0.379 e. The highest BCUT2D eigenvalue weighted by Gasteiger charge is 2.45. The highest BCUT2D eigenvalue weighted by molar-refractivity contribution is 5.95. The zero-order valence-electron chi connectivity index (χ0n) is 13.8. The lowest BCUT2D eigenvalue weighted by Gasteiger charge is -2.29. The van der Waals surface area contributed by atoms with E-state index in [4.69, 9.17) is 4.74 Å². The third kappa shape index (κ3) is 3.38. The van der Waals surface area contributed by atoms with Crippen molar-refractivity contribution in [1.82, 2.24) is 5.32 Å². The number of hydrogen-bond acceptors (Lipinski definition) is 3. The minimum absolute atomic E-state index is 0.0692. The van der Waals surface area contributed by atoms with Gasteiger partial charge in [0.1, 0.15) is 0 Å². The second-order valence-corrected chi connectivity index (χ2v) is 6.98. The van der Waals surface area contributed by atoms with Crippen molar-refractivity contribution in [3.8, 4) is 0 Å². The van der Waals surface area contributed by atoms with Gasteiger partial charge in [-0.3, -0.25) is 4.79 Å². The minimum Gasteiger partial charge on any atom is -0.379 e. The first-order valence-corrected chi connectivity index (χ1v) is 7.44. The van der Waals surface area contributed by atoms with E-state index in [1.54, 1.807) is 7.05 Å². The SMILES string of the molecule is CNC(=O)c1ccc(C)c(NC2CC(C)(C)OC2(C)C)c1. The van der Waals surface area contributed by atoms with Gasteiger partial charge in [-0.15, -0.1) is 0 Å². The van der Waals surface area contributed by atoms with Gasteiger partial charge in [0.05, 0.1) is 17.2 Å². The number of carbonyl (C=O) groups excluding carboxylic acids is 1. The minimum atomic E-state index is -0.237. The molecule has 1 amide bonds. The summed E-state index contributed by atoms with van der Waals surface area (Å²) in [6.45, 7) is 10.5. The summed E-state index contributed by atoms with van der Waals surface area (Å²) in [5, 5.41) is 6.23. The Morgan fingerprint density at radius 1 is 1.29 bits per heavy atom. The number of rotatable bonds is 3. The number of carbonyl (C=O) groups is 1. The molecular formula is C17H26N2O2. The van der Waals surface area contributed by atoms with Crippen LogP contribution in [0.4, 0.5) is 5.69 Å². The van der Waals surface area contributed by atoms with Crippen molar-refractivity contribution in [2.45, 2.75) is 58.3 Å². The lowest BCUT2D eigenvalue weighted by atomic mass is 9.93. The van der Waals surface area contributed by atoms with Crippen molar-refractivity contribution in [2.24, 2.45) is 0 Å². The smallest absolute Gasteiger partial charge is 0.251 e. The Morgan fingerprint density at radius 2 is 1.95 bits per heavy atom. The molecule has 1 aromatic rings. The molecule has 1 saturated heterocycles. The van der Waals surface area contributed by atoms with Crippen LogP contribution >= 0.6 is 0 Å². The van der Waals surface area contributed by atoms with Crippen molar-refractivity contribution in [3.05, 3.63) is 29.3 Å². The summed E-state index contributed by atoms with van der Waals surface area (Å²) in [7, 11) is 1.64. The summed E-state index contributed by atoms with van der Waals surface area (Å²) in [6.07, 6.45) is 0.934. The molecule has 21 heavy (non-hydrogen) atoms. The van der Waals surface area contributed by atoms with Crippen LogP contribution in [0, 0.1) is 6.92 Å². The van der Waals surface area contributed by atoms with Crippen LogP contribution < -0.4 is 10.6 Å². The van der Waals surface area contributed by atoms with E-state index >= 15 is 0 Å². The van der Waals surface area contributed by atoms with Gasteiger partial charge in [0.15, 0.2) is 0 Å². The summed E-state index contributed by atoms with van der Waals surface area (Å²) in [5.74, 6) is -0.0692. The van der Waals surface area contributed by atoms with E-state index < -0.39 is 0 Å². The van der Waals surface area contributed by atoms with E-state index in [0.717, 1.165) is 17.7 Å². The maximum atomic E-state index is 11.8. The third-order valence-corrected chi connectivity index (χ3v) is 4.13. The van der Waals surface area contributed by atoms with Gasteiger partial charge in [-0.05, 0) is 58.7 Å². The first-order valence-electron chi connectivity index (χ1n) is 7.44. The summed E-state index contributed by atoms with van der Waals surface area (Å²) >= 11 is 0. The molecule has 0 aliphatic carbocycles. The van der Waals surface area contributed by atoms with Crippen LogP contribution in [0.3, 0.4) is 0 Å². The van der Waals surface area contributed by atoms with Crippen LogP contribution in [-0.4, -0.2) is 30.2 Å². The third-order valence-electron chi connectivity index (χ3n) is 4.13. The number of ether oxygens (including phenoxy) is 1. The standard InChI is InChI=1S/C17H26N2O2/c1-11-7-8-12(15(20)18-6)9-13(11)19-14-10-16(2,3)21-17(14,4)5/h7-9,14,19H,10H2,1-6H3,(H,18,20). The van der Waals surface area contributed by atoms with Crippen molar-refractivity contribution in [1.29, 1.82) is 0 Å². The monoisotopic (exact) mass is 290 g/mol. The zero-order valence-corrected chi connectivity index (χ0v) is 13.8. The number of aryl methyl sites for hydroxylation is 1. The maximum absolute atomic E-state index is 11.8. The van der Waals surface area contributed by atoms with E-state index in [-0.39, 0.29) is 23.2 Å². The van der Waals surface area contributed by atoms with Crippen molar-refractivity contribution < 1.29 is 9.53 Å². The van der Waals surface area contributed by atoms with Crippen LogP contribution in [0.25, 0.3) is 0 Å². The van der Waals surface area contributed by atoms with Crippen molar-refractivity contribution in [2.75, 3.05) is 12.4 Å². The van der Waals surface area contributed by atoms with Crippen LogP contribution in [-0.2, 0) is 4.74 Å². The van der Waals surface area contributed by atoms with E-state index in [9.17, 15) is 4.79 Å². The molecule has 4 heteroatoms. The van der Waals surface area contributed by atoms with E-state index in [2.05, 4.69) is 38.3 Å². The Kier molecular flexibility index (Phi) is 4.02. The average Bonchev–Trinajstić information content (AvgIpc) is 2.58. The molecule has 0 saturated carbocycles. The van der Waals surface area contributed by atoms with Gasteiger partial charge in [-0.1, -0.05) is 6.07 Å². The molecule has 4 nitrogen and oxygen atoms in total. The molecular weight excluding hydrogens is 264 g/mol. The molecule has 1 heterocycles. The second kappa shape index (κ2) is 5.34. The van der Waals surface area contributed by atoms with E-state index in [1.807, 2.05) is 25.1 Å². The molecule has 1 unspecified atom stereocenters. The van der Waals surface area contributed by atoms with Crippen LogP contribution in [0.2, 0.25) is 0 Å². The highest BCUT2D eigenvalue weighted by Crippen LogP contribution is 2.39. The fourth-order valence-corrected chi connectivity index (χ4v) is 3.04. The molecule has 1 atom stereocenters. The Bertz CT molecular complexity index is 550. The molecule has 1 aliphatic heterocycles. The van der Waals surface area contributed by atoms with Gasteiger partial charge >= 0.3 is 0 Å². The molecule has 0 spiro atoms. The fourth-order valence-electron chi connectivity index (χ4n) is 3.04. The predicted molar refractivity (Wildman–Crippen MR) is 85.8 cm³/mol. The molecule has 0 radical (unpaired) electrons. The Labute approximate surface area is 127 Å². The first-order chi connectivity index (χ1) is 9.64. The summed E-state index contributed by atoms with van der Waals surface area (Å²) in [6, 6.07) is 5.95. The predicted octanol–water partition coefficient (Wildman–Crippen LogP) is 3.11. The lowest BCUT2D eigenvalue weighted by molar-refractivity contribution is -0.0662. The normalized spacial score (nSPS) is 22.9. The number of hydrogen-bond donors (Lipinski definition) is 2. The number of nitrogens with one attached hydrogen (secondary N) is 2. The average molecular weight is 290 g/mol. The molecule has 2 rings (SSSR count). The highest BCUT2D eigenvalue weighted by atomic mass is 16.5. The maximum Gasteiger partial charge on any atom is 0.251 e. The molecule has 1 fully saturated rings. The van der Waals surface area contributed by atoms with Gasteiger partial charge in [0.25, 0.3) is 5.91 Å². The van der Waals surface area contributed by atoms with Crippen LogP contribution in [0.1, 0.15) is 50.0 Å². The number of amides is 1. The number of benzene rings is 1. The molecule has 0 aromatic heterocycles. The van der Waals surface area contributed by atoms with Gasteiger partial charge in [0.2, 0.25) is 0 Å². The van der Waals surface area contributed by atoms with Crippen molar-refractivity contribution in [3.63, 3.8) is 0 Å². The molecule has 1 aliphatic rings. The molecule has 1 aromatic carbocycles. The summed E-state index contributed by atoms with van der Waals surface area (Å²) in [5.41, 5.74) is 2.42. The number of anilines is 1. The topological polar surface area (TPSA) is 50.4 Å². The molecule has 0 bridgehead atoms. The quantitative estimate of drug-likeness (QED) is 0.899.